The molecule has 0 spiro atoms. The number of aromatic nitrogens is 4. The summed E-state index contributed by atoms with van der Waals surface area (Å²) in [6.45, 7) is 2.07. The van der Waals surface area contributed by atoms with Gasteiger partial charge in [0.25, 0.3) is 0 Å². The molecule has 1 atom stereocenters. The molecular formula is C10H13ClN4O. The minimum Gasteiger partial charge on any atom is -0.385 e. The first-order chi connectivity index (χ1) is 7.72. The molecule has 2 heterocycles. The van der Waals surface area contributed by atoms with Gasteiger partial charge in [0.15, 0.2) is 16.6 Å². The number of aromatic amines is 1. The van der Waals surface area contributed by atoms with Crippen molar-refractivity contribution >= 4 is 22.8 Å². The standard InChI is InChI=1S/C10H13ClN4O/c1-2-3-4-6(16)9-14-8(11)7-10(15-9)13-5-12-7/h5-6,16H,2-4H2,1H3,(H,12,13,14,15). The van der Waals surface area contributed by atoms with Crippen molar-refractivity contribution in [2.24, 2.45) is 0 Å². The number of unbranched alkanes of at least 4 members (excludes halogenated alkanes) is 1. The highest BCUT2D eigenvalue weighted by Gasteiger charge is 2.14. The molecule has 5 nitrogen and oxygen atoms in total. The summed E-state index contributed by atoms with van der Waals surface area (Å²) < 4.78 is 0. The van der Waals surface area contributed by atoms with Crippen molar-refractivity contribution in [1.29, 1.82) is 0 Å². The van der Waals surface area contributed by atoms with Gasteiger partial charge in [0, 0.05) is 0 Å². The van der Waals surface area contributed by atoms with Crippen LogP contribution in [0.1, 0.15) is 38.1 Å². The van der Waals surface area contributed by atoms with E-state index >= 15 is 0 Å². The average molecular weight is 241 g/mol. The summed E-state index contributed by atoms with van der Waals surface area (Å²) >= 11 is 5.95. The molecule has 0 fully saturated rings. The minimum absolute atomic E-state index is 0.299. The van der Waals surface area contributed by atoms with E-state index in [4.69, 9.17) is 11.6 Å². The molecular weight excluding hydrogens is 228 g/mol. The lowest BCUT2D eigenvalue weighted by molar-refractivity contribution is 0.155. The maximum atomic E-state index is 9.85. The molecule has 0 aliphatic heterocycles. The van der Waals surface area contributed by atoms with Gasteiger partial charge in [-0.3, -0.25) is 0 Å². The molecule has 0 saturated carbocycles. The van der Waals surface area contributed by atoms with Crippen LogP contribution in [-0.2, 0) is 0 Å². The summed E-state index contributed by atoms with van der Waals surface area (Å²) in [5.41, 5.74) is 1.10. The van der Waals surface area contributed by atoms with Crippen molar-refractivity contribution in [1.82, 2.24) is 19.9 Å². The molecule has 1 unspecified atom stereocenters. The number of aliphatic hydroxyl groups is 1. The van der Waals surface area contributed by atoms with Crippen LogP contribution in [0.25, 0.3) is 11.2 Å². The minimum atomic E-state index is -0.668. The van der Waals surface area contributed by atoms with E-state index in [0.29, 0.717) is 28.6 Å². The highest BCUT2D eigenvalue weighted by molar-refractivity contribution is 6.33. The fourth-order valence-electron chi connectivity index (χ4n) is 1.49. The van der Waals surface area contributed by atoms with Crippen molar-refractivity contribution in [2.75, 3.05) is 0 Å². The second-order valence-corrected chi connectivity index (χ2v) is 3.99. The van der Waals surface area contributed by atoms with Gasteiger partial charge in [-0.2, -0.15) is 0 Å². The molecule has 0 radical (unpaired) electrons. The van der Waals surface area contributed by atoms with Gasteiger partial charge < -0.3 is 10.1 Å². The molecule has 0 bridgehead atoms. The number of nitrogens with zero attached hydrogens (tertiary/aromatic N) is 3. The normalized spacial score (nSPS) is 13.2. The molecule has 0 aromatic carbocycles. The lowest BCUT2D eigenvalue weighted by Gasteiger charge is -2.08. The van der Waals surface area contributed by atoms with Crippen molar-refractivity contribution in [2.45, 2.75) is 32.3 Å². The maximum Gasteiger partial charge on any atom is 0.182 e. The predicted octanol–water partition coefficient (Wildman–Crippen LogP) is 2.23. The quantitative estimate of drug-likeness (QED) is 0.804. The molecule has 86 valence electrons. The van der Waals surface area contributed by atoms with Crippen LogP contribution in [0.3, 0.4) is 0 Å². The maximum absolute atomic E-state index is 9.85. The molecule has 2 N–H and O–H groups in total. The monoisotopic (exact) mass is 240 g/mol. The smallest absolute Gasteiger partial charge is 0.182 e. The Morgan fingerprint density at radius 2 is 2.31 bits per heavy atom. The number of aliphatic hydroxyl groups excluding tert-OH is 1. The van der Waals surface area contributed by atoms with Crippen LogP contribution in [0.5, 0.6) is 0 Å². The van der Waals surface area contributed by atoms with E-state index in [1.54, 1.807) is 0 Å². The number of fused-ring (bicyclic) bond motifs is 1. The summed E-state index contributed by atoms with van der Waals surface area (Å²) in [4.78, 5) is 15.1. The molecule has 2 rings (SSSR count). The van der Waals surface area contributed by atoms with Crippen LogP contribution >= 0.6 is 11.6 Å². The van der Waals surface area contributed by atoms with Gasteiger partial charge in [0.2, 0.25) is 0 Å². The van der Waals surface area contributed by atoms with Crippen LogP contribution in [-0.4, -0.2) is 25.0 Å². The highest BCUT2D eigenvalue weighted by Crippen LogP contribution is 2.21. The third-order valence-electron chi connectivity index (χ3n) is 2.39. The summed E-state index contributed by atoms with van der Waals surface area (Å²) in [5.74, 6) is 0.345. The van der Waals surface area contributed by atoms with E-state index in [2.05, 4.69) is 26.9 Å². The van der Waals surface area contributed by atoms with E-state index in [9.17, 15) is 5.11 Å². The van der Waals surface area contributed by atoms with Crippen molar-refractivity contribution < 1.29 is 5.11 Å². The number of imidazole rings is 1. The zero-order chi connectivity index (χ0) is 11.5. The van der Waals surface area contributed by atoms with E-state index in [0.717, 1.165) is 12.8 Å². The van der Waals surface area contributed by atoms with Gasteiger partial charge >= 0.3 is 0 Å². The summed E-state index contributed by atoms with van der Waals surface area (Å²) in [6.07, 6.45) is 3.44. The van der Waals surface area contributed by atoms with Gasteiger partial charge in [-0.25, -0.2) is 15.0 Å². The third kappa shape index (κ3) is 2.15. The Balaban J connectivity index is 2.30. The van der Waals surface area contributed by atoms with E-state index in [1.165, 1.54) is 6.33 Å². The molecule has 0 aliphatic carbocycles. The van der Waals surface area contributed by atoms with Gasteiger partial charge in [-0.05, 0) is 6.42 Å². The topological polar surface area (TPSA) is 74.7 Å². The fourth-order valence-corrected chi connectivity index (χ4v) is 1.71. The Morgan fingerprint density at radius 3 is 3.06 bits per heavy atom. The van der Waals surface area contributed by atoms with Crippen LogP contribution in [0.15, 0.2) is 6.33 Å². The van der Waals surface area contributed by atoms with Gasteiger partial charge in [-0.15, -0.1) is 0 Å². The molecule has 16 heavy (non-hydrogen) atoms. The highest BCUT2D eigenvalue weighted by atomic mass is 35.5. The molecule has 0 aliphatic rings. The third-order valence-corrected chi connectivity index (χ3v) is 2.66. The first-order valence-electron chi connectivity index (χ1n) is 5.27. The number of nitrogens with one attached hydrogen (secondary N) is 1. The van der Waals surface area contributed by atoms with Crippen LogP contribution in [0.4, 0.5) is 0 Å². The van der Waals surface area contributed by atoms with E-state index in [-0.39, 0.29) is 0 Å². The lowest BCUT2D eigenvalue weighted by atomic mass is 10.1. The molecule has 2 aromatic rings. The first kappa shape index (κ1) is 11.3. The lowest BCUT2D eigenvalue weighted by Crippen LogP contribution is -2.04. The van der Waals surface area contributed by atoms with Crippen LogP contribution in [0.2, 0.25) is 5.15 Å². The average Bonchev–Trinajstić information content (AvgIpc) is 2.74. The van der Waals surface area contributed by atoms with Gasteiger partial charge in [-0.1, -0.05) is 31.4 Å². The SMILES string of the molecule is CCCCC(O)c1nc(Cl)c2[nH]cnc2n1. The molecule has 6 heteroatoms. The van der Waals surface area contributed by atoms with Crippen molar-refractivity contribution in [3.05, 3.63) is 17.3 Å². The Labute approximate surface area is 97.9 Å². The number of hydrogen-bond donors (Lipinski definition) is 2. The Kier molecular flexibility index (Phi) is 3.36. The molecule has 2 aromatic heterocycles. The Bertz CT molecular complexity index is 485. The van der Waals surface area contributed by atoms with E-state index < -0.39 is 6.10 Å². The second kappa shape index (κ2) is 4.76. The zero-order valence-electron chi connectivity index (χ0n) is 8.94. The Morgan fingerprint density at radius 1 is 1.50 bits per heavy atom. The number of hydrogen-bond acceptors (Lipinski definition) is 4. The largest absolute Gasteiger partial charge is 0.385 e. The second-order valence-electron chi connectivity index (χ2n) is 3.63. The zero-order valence-corrected chi connectivity index (χ0v) is 9.70. The number of H-pyrrole nitrogens is 1. The summed E-state index contributed by atoms with van der Waals surface area (Å²) in [7, 11) is 0. The van der Waals surface area contributed by atoms with Crippen molar-refractivity contribution in [3.63, 3.8) is 0 Å². The fraction of sp³-hybridized carbons (Fsp3) is 0.500. The van der Waals surface area contributed by atoms with Gasteiger partial charge in [0.05, 0.1) is 6.33 Å². The van der Waals surface area contributed by atoms with E-state index in [1.807, 2.05) is 0 Å². The first-order valence-corrected chi connectivity index (χ1v) is 5.64. The van der Waals surface area contributed by atoms with Crippen molar-refractivity contribution in [3.8, 4) is 0 Å². The number of halogens is 1. The summed E-state index contributed by atoms with van der Waals surface area (Å²) in [5, 5.41) is 10.2. The summed E-state index contributed by atoms with van der Waals surface area (Å²) in [6, 6.07) is 0. The molecule has 0 amide bonds. The van der Waals surface area contributed by atoms with Crippen LogP contribution in [0, 0.1) is 0 Å². The van der Waals surface area contributed by atoms with Gasteiger partial charge in [0.1, 0.15) is 11.6 Å². The van der Waals surface area contributed by atoms with Crippen LogP contribution < -0.4 is 0 Å². The predicted molar refractivity (Wildman–Crippen MR) is 61.2 cm³/mol. The number of rotatable bonds is 4. The Hall–Kier alpha value is -1.20. The molecule has 0 saturated heterocycles.